The maximum absolute atomic E-state index is 13.7. The monoisotopic (exact) mass is 317 g/mol. The molecule has 0 aliphatic rings. The minimum atomic E-state index is -0.730. The van der Waals surface area contributed by atoms with Gasteiger partial charge in [0, 0.05) is 10.7 Å². The summed E-state index contributed by atoms with van der Waals surface area (Å²) in [5, 5.41) is 0.432. The van der Waals surface area contributed by atoms with E-state index in [1.165, 1.54) is 24.3 Å². The summed E-state index contributed by atoms with van der Waals surface area (Å²) in [5.41, 5.74) is 5.51. The fourth-order valence-electron chi connectivity index (χ4n) is 1.61. The molecular formula is C13H7Cl3FNO. The van der Waals surface area contributed by atoms with Gasteiger partial charge in [0.1, 0.15) is 5.82 Å². The molecule has 0 atom stereocenters. The van der Waals surface area contributed by atoms with Crippen molar-refractivity contribution in [2.45, 2.75) is 0 Å². The van der Waals surface area contributed by atoms with Crippen LogP contribution < -0.4 is 5.73 Å². The molecule has 0 amide bonds. The van der Waals surface area contributed by atoms with Crippen molar-refractivity contribution in [3.8, 4) is 0 Å². The van der Waals surface area contributed by atoms with Gasteiger partial charge in [-0.25, -0.2) is 4.39 Å². The predicted molar refractivity (Wildman–Crippen MR) is 75.7 cm³/mol. The molecule has 0 heterocycles. The van der Waals surface area contributed by atoms with Gasteiger partial charge >= 0.3 is 0 Å². The minimum absolute atomic E-state index is 0.0106. The Bertz CT molecular complexity index is 650. The second-order valence-electron chi connectivity index (χ2n) is 3.81. The van der Waals surface area contributed by atoms with Crippen LogP contribution in [-0.4, -0.2) is 5.78 Å². The highest BCUT2D eigenvalue weighted by molar-refractivity contribution is 6.43. The molecular weight excluding hydrogens is 312 g/mol. The lowest BCUT2D eigenvalue weighted by atomic mass is 10.0. The van der Waals surface area contributed by atoms with Gasteiger partial charge in [-0.1, -0.05) is 34.8 Å². The molecule has 0 saturated heterocycles. The van der Waals surface area contributed by atoms with E-state index in [-0.39, 0.29) is 26.9 Å². The molecule has 98 valence electrons. The van der Waals surface area contributed by atoms with E-state index in [9.17, 15) is 9.18 Å². The highest BCUT2D eigenvalue weighted by Crippen LogP contribution is 2.31. The molecule has 2 aromatic rings. The molecule has 19 heavy (non-hydrogen) atoms. The lowest BCUT2D eigenvalue weighted by Gasteiger charge is -2.08. The van der Waals surface area contributed by atoms with Gasteiger partial charge in [0.05, 0.1) is 21.2 Å². The number of rotatable bonds is 2. The molecule has 0 spiro atoms. The third-order valence-corrected chi connectivity index (χ3v) is 3.29. The average molecular weight is 319 g/mol. The Morgan fingerprint density at radius 3 is 2.16 bits per heavy atom. The first-order chi connectivity index (χ1) is 8.90. The summed E-state index contributed by atoms with van der Waals surface area (Å²) in [6, 6.07) is 6.52. The Labute approximate surface area is 123 Å². The van der Waals surface area contributed by atoms with Gasteiger partial charge in [0.25, 0.3) is 0 Å². The fraction of sp³-hybridized carbons (Fsp3) is 0. The summed E-state index contributed by atoms with van der Waals surface area (Å²) in [6.45, 7) is 0. The van der Waals surface area contributed by atoms with Crippen molar-refractivity contribution in [1.29, 1.82) is 0 Å². The van der Waals surface area contributed by atoms with Gasteiger partial charge in [-0.3, -0.25) is 4.79 Å². The molecule has 0 aliphatic carbocycles. The summed E-state index contributed by atoms with van der Waals surface area (Å²) in [5.74, 6) is -1.35. The first-order valence-electron chi connectivity index (χ1n) is 5.14. The highest BCUT2D eigenvalue weighted by atomic mass is 35.5. The number of anilines is 1. The van der Waals surface area contributed by atoms with Crippen LogP contribution in [-0.2, 0) is 0 Å². The van der Waals surface area contributed by atoms with Gasteiger partial charge in [-0.2, -0.15) is 0 Å². The second-order valence-corrected chi connectivity index (χ2v) is 5.06. The standard InChI is InChI=1S/C13H7Cl3FNO/c14-6-3-9(15)12(10(16)4-6)13(19)8-2-1-7(18)5-11(8)17/h1-5H,18H2. The average Bonchev–Trinajstić information content (AvgIpc) is 2.26. The molecule has 0 radical (unpaired) electrons. The smallest absolute Gasteiger partial charge is 0.198 e. The molecule has 6 heteroatoms. The molecule has 0 bridgehead atoms. The summed E-state index contributed by atoms with van der Waals surface area (Å²) in [6.07, 6.45) is 0. The van der Waals surface area contributed by atoms with Crippen LogP contribution in [0.5, 0.6) is 0 Å². The molecule has 0 aliphatic heterocycles. The lowest BCUT2D eigenvalue weighted by Crippen LogP contribution is -2.06. The van der Waals surface area contributed by atoms with Crippen LogP contribution in [0.3, 0.4) is 0 Å². The number of carbonyl (C=O) groups is 1. The topological polar surface area (TPSA) is 43.1 Å². The largest absolute Gasteiger partial charge is 0.399 e. The van der Waals surface area contributed by atoms with Crippen molar-refractivity contribution in [3.05, 3.63) is 62.3 Å². The van der Waals surface area contributed by atoms with Crippen molar-refractivity contribution < 1.29 is 9.18 Å². The Hall–Kier alpha value is -1.29. The molecule has 0 unspecified atom stereocenters. The van der Waals surface area contributed by atoms with Gasteiger partial charge in [0.15, 0.2) is 5.78 Å². The van der Waals surface area contributed by atoms with Crippen LogP contribution in [0.15, 0.2) is 30.3 Å². The third kappa shape index (κ3) is 2.84. The number of carbonyl (C=O) groups excluding carboxylic acids is 1. The Kier molecular flexibility index (Phi) is 3.99. The van der Waals surface area contributed by atoms with E-state index in [1.54, 1.807) is 0 Å². The molecule has 0 saturated carbocycles. The summed E-state index contributed by atoms with van der Waals surface area (Å²) >= 11 is 17.6. The molecule has 2 N–H and O–H groups in total. The van der Waals surface area contributed by atoms with E-state index in [0.29, 0.717) is 5.02 Å². The number of hydrogen-bond donors (Lipinski definition) is 1. The first-order valence-corrected chi connectivity index (χ1v) is 6.28. The number of nitrogens with two attached hydrogens (primary N) is 1. The third-order valence-electron chi connectivity index (χ3n) is 2.47. The molecule has 2 aromatic carbocycles. The van der Waals surface area contributed by atoms with E-state index in [0.717, 1.165) is 6.07 Å². The fourth-order valence-corrected chi connectivity index (χ4v) is 2.60. The van der Waals surface area contributed by atoms with Crippen LogP contribution >= 0.6 is 34.8 Å². The van der Waals surface area contributed by atoms with E-state index < -0.39 is 11.6 Å². The van der Waals surface area contributed by atoms with Crippen LogP contribution in [0, 0.1) is 5.82 Å². The maximum atomic E-state index is 13.7. The normalized spacial score (nSPS) is 10.5. The Morgan fingerprint density at radius 2 is 1.63 bits per heavy atom. The molecule has 0 fully saturated rings. The summed E-state index contributed by atoms with van der Waals surface area (Å²) < 4.78 is 13.7. The van der Waals surface area contributed by atoms with E-state index in [4.69, 9.17) is 40.5 Å². The van der Waals surface area contributed by atoms with Crippen molar-refractivity contribution in [1.82, 2.24) is 0 Å². The van der Waals surface area contributed by atoms with Crippen molar-refractivity contribution in [3.63, 3.8) is 0 Å². The summed E-state index contributed by atoms with van der Waals surface area (Å²) in [4.78, 5) is 12.2. The first kappa shape index (κ1) is 14.1. The molecule has 0 aromatic heterocycles. The zero-order valence-electron chi connectivity index (χ0n) is 9.38. The number of halogens is 4. The Morgan fingerprint density at radius 1 is 1.05 bits per heavy atom. The molecule has 2 nitrogen and oxygen atoms in total. The SMILES string of the molecule is Nc1ccc(C(=O)c2c(Cl)cc(Cl)cc2Cl)c(F)c1. The minimum Gasteiger partial charge on any atom is -0.399 e. The zero-order valence-corrected chi connectivity index (χ0v) is 11.7. The van der Waals surface area contributed by atoms with Gasteiger partial charge in [-0.15, -0.1) is 0 Å². The zero-order chi connectivity index (χ0) is 14.2. The van der Waals surface area contributed by atoms with Gasteiger partial charge < -0.3 is 5.73 Å². The second kappa shape index (κ2) is 5.37. The van der Waals surface area contributed by atoms with Crippen LogP contribution in [0.2, 0.25) is 15.1 Å². The lowest BCUT2D eigenvalue weighted by molar-refractivity contribution is 0.103. The Balaban J connectivity index is 2.56. The number of nitrogen functional groups attached to an aromatic ring is 1. The van der Waals surface area contributed by atoms with Crippen LogP contribution in [0.4, 0.5) is 10.1 Å². The van der Waals surface area contributed by atoms with Gasteiger partial charge in [-0.05, 0) is 30.3 Å². The van der Waals surface area contributed by atoms with Crippen LogP contribution in [0.25, 0.3) is 0 Å². The quantitative estimate of drug-likeness (QED) is 0.649. The van der Waals surface area contributed by atoms with E-state index in [2.05, 4.69) is 0 Å². The van der Waals surface area contributed by atoms with Crippen molar-refractivity contribution in [2.75, 3.05) is 5.73 Å². The number of benzene rings is 2. The number of hydrogen-bond acceptors (Lipinski definition) is 2. The summed E-state index contributed by atoms with van der Waals surface area (Å²) in [7, 11) is 0. The van der Waals surface area contributed by atoms with E-state index >= 15 is 0 Å². The van der Waals surface area contributed by atoms with Gasteiger partial charge in [0.2, 0.25) is 0 Å². The van der Waals surface area contributed by atoms with Crippen molar-refractivity contribution >= 4 is 46.3 Å². The van der Waals surface area contributed by atoms with Crippen molar-refractivity contribution in [2.24, 2.45) is 0 Å². The van der Waals surface area contributed by atoms with Crippen LogP contribution in [0.1, 0.15) is 15.9 Å². The number of ketones is 1. The van der Waals surface area contributed by atoms with E-state index in [1.807, 2.05) is 0 Å². The highest BCUT2D eigenvalue weighted by Gasteiger charge is 2.20. The molecule has 2 rings (SSSR count). The maximum Gasteiger partial charge on any atom is 0.198 e. The predicted octanol–water partition coefficient (Wildman–Crippen LogP) is 4.60.